The standard InChI is InChI=1S/C22H29F2N7O2S2/c1-12-8-30(9-13(2)26-12)15-6-14(35(32,33)29-22(5)11-21(22,3)4)10-31-16(15)7-25-18(31)20-28-27-19(34-20)17(23)24/h6-7,10,12-13,17,26,29H,8-9,11H2,1-5H3/t12-,13-,22?/m0/s1. The van der Waals surface area contributed by atoms with Crippen molar-refractivity contribution < 1.29 is 17.2 Å². The number of sulfonamides is 1. The third-order valence-electron chi connectivity index (χ3n) is 7.15. The van der Waals surface area contributed by atoms with Crippen LogP contribution in [0.1, 0.15) is 52.5 Å². The fourth-order valence-electron chi connectivity index (χ4n) is 4.92. The predicted molar refractivity (Wildman–Crippen MR) is 130 cm³/mol. The normalized spacial score (nSPS) is 26.6. The molecule has 3 aromatic rings. The molecule has 190 valence electrons. The van der Waals surface area contributed by atoms with E-state index >= 15 is 0 Å². The maximum absolute atomic E-state index is 13.5. The zero-order valence-corrected chi connectivity index (χ0v) is 21.8. The van der Waals surface area contributed by atoms with Gasteiger partial charge in [0.2, 0.25) is 10.0 Å². The third kappa shape index (κ3) is 4.32. The van der Waals surface area contributed by atoms with Crippen molar-refractivity contribution in [3.05, 3.63) is 23.5 Å². The topological polar surface area (TPSA) is 105 Å². The molecule has 2 aliphatic rings. The van der Waals surface area contributed by atoms with Crippen LogP contribution in [0.25, 0.3) is 16.3 Å². The van der Waals surface area contributed by atoms with E-state index in [1.807, 2.05) is 20.8 Å². The predicted octanol–water partition coefficient (Wildman–Crippen LogP) is 3.44. The first kappa shape index (κ1) is 24.5. The highest BCUT2D eigenvalue weighted by atomic mass is 32.2. The fraction of sp³-hybridized carbons (Fsp3) is 0.591. The molecule has 4 heterocycles. The van der Waals surface area contributed by atoms with Gasteiger partial charge in [0, 0.05) is 36.9 Å². The molecular formula is C22H29F2N7O2S2. The Labute approximate surface area is 207 Å². The van der Waals surface area contributed by atoms with Gasteiger partial charge < -0.3 is 10.2 Å². The summed E-state index contributed by atoms with van der Waals surface area (Å²) in [5, 5.41) is 10.7. The molecule has 9 nitrogen and oxygen atoms in total. The van der Waals surface area contributed by atoms with Crippen LogP contribution < -0.4 is 14.9 Å². The summed E-state index contributed by atoms with van der Waals surface area (Å²) in [5.74, 6) is 0.275. The number of halogens is 2. The molecule has 1 saturated heterocycles. The van der Waals surface area contributed by atoms with Gasteiger partial charge >= 0.3 is 0 Å². The van der Waals surface area contributed by atoms with Crippen LogP contribution in [0.4, 0.5) is 14.5 Å². The number of pyridine rings is 1. The zero-order chi connectivity index (χ0) is 25.3. The van der Waals surface area contributed by atoms with Crippen LogP contribution in [-0.4, -0.2) is 58.7 Å². The van der Waals surface area contributed by atoms with Crippen LogP contribution in [0.5, 0.6) is 0 Å². The molecule has 5 rings (SSSR count). The lowest BCUT2D eigenvalue weighted by Crippen LogP contribution is -2.54. The summed E-state index contributed by atoms with van der Waals surface area (Å²) in [6.45, 7) is 11.5. The lowest BCUT2D eigenvalue weighted by Gasteiger charge is -2.38. The monoisotopic (exact) mass is 525 g/mol. The van der Waals surface area contributed by atoms with E-state index in [0.29, 0.717) is 24.3 Å². The number of hydrogen-bond donors (Lipinski definition) is 2. The number of nitrogens with one attached hydrogen (secondary N) is 2. The van der Waals surface area contributed by atoms with E-state index in [2.05, 4.69) is 44.0 Å². The number of alkyl halides is 2. The largest absolute Gasteiger partial charge is 0.367 e. The van der Waals surface area contributed by atoms with Gasteiger partial charge in [-0.1, -0.05) is 25.2 Å². The second-order valence-corrected chi connectivity index (χ2v) is 13.2. The molecule has 0 spiro atoms. The van der Waals surface area contributed by atoms with Gasteiger partial charge in [0.05, 0.1) is 17.4 Å². The van der Waals surface area contributed by atoms with E-state index in [1.165, 1.54) is 6.20 Å². The van der Waals surface area contributed by atoms with Crippen LogP contribution >= 0.6 is 11.3 Å². The van der Waals surface area contributed by atoms with Crippen molar-refractivity contribution in [3.8, 4) is 10.8 Å². The lowest BCUT2D eigenvalue weighted by molar-refractivity contribution is 0.150. The number of piperazine rings is 1. The number of rotatable bonds is 6. The summed E-state index contributed by atoms with van der Waals surface area (Å²) in [4.78, 5) is 6.66. The highest BCUT2D eigenvalue weighted by Crippen LogP contribution is 2.55. The van der Waals surface area contributed by atoms with Gasteiger partial charge in [0.15, 0.2) is 15.8 Å². The van der Waals surface area contributed by atoms with Gasteiger partial charge in [-0.15, -0.1) is 10.2 Å². The van der Waals surface area contributed by atoms with E-state index in [1.54, 1.807) is 16.7 Å². The van der Waals surface area contributed by atoms with E-state index in [0.717, 1.165) is 17.8 Å². The first-order valence-electron chi connectivity index (χ1n) is 11.5. The minimum Gasteiger partial charge on any atom is -0.367 e. The smallest absolute Gasteiger partial charge is 0.291 e. The third-order valence-corrected chi connectivity index (χ3v) is 9.64. The van der Waals surface area contributed by atoms with E-state index in [9.17, 15) is 17.2 Å². The molecule has 1 aliphatic carbocycles. The van der Waals surface area contributed by atoms with Crippen LogP contribution in [0.15, 0.2) is 23.4 Å². The van der Waals surface area contributed by atoms with Gasteiger partial charge in [-0.2, -0.15) is 0 Å². The molecular weight excluding hydrogens is 496 g/mol. The van der Waals surface area contributed by atoms with Gasteiger partial charge in [-0.05, 0) is 38.7 Å². The van der Waals surface area contributed by atoms with E-state index < -0.39 is 27.0 Å². The molecule has 3 atom stereocenters. The highest BCUT2D eigenvalue weighted by molar-refractivity contribution is 7.89. The first-order valence-corrected chi connectivity index (χ1v) is 13.8. The highest BCUT2D eigenvalue weighted by Gasteiger charge is 2.59. The molecule has 13 heteroatoms. The summed E-state index contributed by atoms with van der Waals surface area (Å²) in [6.07, 6.45) is 1.11. The molecule has 0 radical (unpaired) electrons. The number of anilines is 1. The summed E-state index contributed by atoms with van der Waals surface area (Å²) in [5.41, 5.74) is 0.703. The van der Waals surface area contributed by atoms with Crippen LogP contribution in [0.2, 0.25) is 0 Å². The average Bonchev–Trinajstić information content (AvgIpc) is 3.18. The van der Waals surface area contributed by atoms with Gasteiger partial charge in [-0.25, -0.2) is 26.9 Å². The summed E-state index contributed by atoms with van der Waals surface area (Å²) in [6, 6.07) is 2.07. The van der Waals surface area contributed by atoms with Crippen molar-refractivity contribution in [2.45, 2.75) is 70.0 Å². The maximum Gasteiger partial charge on any atom is 0.291 e. The van der Waals surface area contributed by atoms with Crippen LogP contribution in [-0.2, 0) is 10.0 Å². The first-order chi connectivity index (χ1) is 16.3. The Balaban J connectivity index is 1.65. The van der Waals surface area contributed by atoms with Crippen molar-refractivity contribution in [1.29, 1.82) is 0 Å². The number of nitrogens with zero attached hydrogens (tertiary/aromatic N) is 5. The fourth-order valence-corrected chi connectivity index (χ4v) is 7.18. The summed E-state index contributed by atoms with van der Waals surface area (Å²) >= 11 is 0.745. The van der Waals surface area contributed by atoms with Crippen molar-refractivity contribution in [3.63, 3.8) is 0 Å². The minimum absolute atomic E-state index is 0.0839. The number of imidazole rings is 1. The van der Waals surface area contributed by atoms with Gasteiger partial charge in [0.1, 0.15) is 4.90 Å². The van der Waals surface area contributed by atoms with Crippen molar-refractivity contribution >= 4 is 32.6 Å². The van der Waals surface area contributed by atoms with Gasteiger partial charge in [-0.3, -0.25) is 4.40 Å². The van der Waals surface area contributed by atoms with Crippen LogP contribution in [0, 0.1) is 5.41 Å². The minimum atomic E-state index is -3.88. The maximum atomic E-state index is 13.5. The van der Waals surface area contributed by atoms with Crippen molar-refractivity contribution in [2.75, 3.05) is 18.0 Å². The Bertz CT molecular complexity index is 1380. The Morgan fingerprint density at radius 3 is 2.43 bits per heavy atom. The molecule has 1 saturated carbocycles. The molecule has 0 bridgehead atoms. The Hall–Kier alpha value is -2.22. The summed E-state index contributed by atoms with van der Waals surface area (Å²) in [7, 11) is -3.88. The molecule has 2 N–H and O–H groups in total. The summed E-state index contributed by atoms with van der Waals surface area (Å²) < 4.78 is 57.9. The molecule has 3 aromatic heterocycles. The molecule has 2 fully saturated rings. The Morgan fingerprint density at radius 2 is 1.86 bits per heavy atom. The molecule has 0 amide bonds. The van der Waals surface area contributed by atoms with Crippen molar-refractivity contribution in [1.82, 2.24) is 29.6 Å². The lowest BCUT2D eigenvalue weighted by atomic mass is 10.1. The average molecular weight is 526 g/mol. The number of fused-ring (bicyclic) bond motifs is 1. The SMILES string of the molecule is C[C@H]1CN(c2cc(S(=O)(=O)NC3(C)CC3(C)C)cn3c(-c4nnc(C(F)F)s4)ncc23)C[C@H](C)N1. The van der Waals surface area contributed by atoms with Crippen molar-refractivity contribution in [2.24, 2.45) is 5.41 Å². The second kappa shape index (κ2) is 8.15. The second-order valence-electron chi connectivity index (χ2n) is 10.5. The molecule has 1 unspecified atom stereocenters. The van der Waals surface area contributed by atoms with Crippen LogP contribution in [0.3, 0.4) is 0 Å². The van der Waals surface area contributed by atoms with E-state index in [-0.39, 0.29) is 33.2 Å². The molecule has 0 aromatic carbocycles. The number of hydrogen-bond acceptors (Lipinski definition) is 8. The quantitative estimate of drug-likeness (QED) is 0.508. The Morgan fingerprint density at radius 1 is 1.20 bits per heavy atom. The zero-order valence-electron chi connectivity index (χ0n) is 20.2. The molecule has 1 aliphatic heterocycles. The molecule has 35 heavy (non-hydrogen) atoms. The van der Waals surface area contributed by atoms with E-state index in [4.69, 9.17) is 0 Å². The van der Waals surface area contributed by atoms with Gasteiger partial charge in [0.25, 0.3) is 6.43 Å². The number of aromatic nitrogens is 4. The Kier molecular flexibility index (Phi) is 5.70.